The maximum Gasteiger partial charge on any atom is 0.244 e. The fourth-order valence-electron chi connectivity index (χ4n) is 3.89. The van der Waals surface area contributed by atoms with E-state index in [0.717, 1.165) is 51.0 Å². The molecule has 1 unspecified atom stereocenters. The Morgan fingerprint density at radius 3 is 2.80 bits per heavy atom. The lowest BCUT2D eigenvalue weighted by atomic mass is 10.00. The maximum absolute atomic E-state index is 13.1. The molecule has 3 rings (SSSR count). The zero-order valence-corrected chi connectivity index (χ0v) is 15.2. The summed E-state index contributed by atoms with van der Waals surface area (Å²) in [5.74, 6) is 0.215. The van der Waals surface area contributed by atoms with Crippen molar-refractivity contribution in [2.75, 3.05) is 37.7 Å². The number of aryl methyl sites for hydroxylation is 1. The van der Waals surface area contributed by atoms with E-state index in [0.29, 0.717) is 13.0 Å². The Bertz CT molecular complexity index is 570. The molecule has 5 heteroatoms. The number of ether oxygens (including phenoxy) is 1. The second-order valence-corrected chi connectivity index (χ2v) is 7.08. The number of hydrogen-bond donors (Lipinski definition) is 1. The van der Waals surface area contributed by atoms with Gasteiger partial charge in [0.2, 0.25) is 5.91 Å². The number of nitrogens with zero attached hydrogens (tertiary/aromatic N) is 2. The summed E-state index contributed by atoms with van der Waals surface area (Å²) in [6.07, 6.45) is 4.98. The molecule has 5 nitrogen and oxygen atoms in total. The van der Waals surface area contributed by atoms with Gasteiger partial charge < -0.3 is 14.7 Å². The van der Waals surface area contributed by atoms with Gasteiger partial charge in [0, 0.05) is 38.5 Å². The van der Waals surface area contributed by atoms with E-state index in [4.69, 9.17) is 9.84 Å². The van der Waals surface area contributed by atoms with Gasteiger partial charge in [0.25, 0.3) is 0 Å². The van der Waals surface area contributed by atoms with E-state index in [9.17, 15) is 4.79 Å². The van der Waals surface area contributed by atoms with Crippen LogP contribution in [0.4, 0.5) is 5.69 Å². The Labute approximate surface area is 150 Å². The fraction of sp³-hybridized carbons (Fsp3) is 0.650. The molecule has 1 atom stereocenters. The Hall–Kier alpha value is -1.43. The number of aliphatic hydroxyl groups excluding tert-OH is 1. The van der Waals surface area contributed by atoms with Crippen molar-refractivity contribution >= 4 is 11.6 Å². The molecule has 138 valence electrons. The standard InChI is InChI=1S/C20H30N2O3/c1-16(21-12-9-18(10-13-21)25-15-5-14-23)20(24)22-11-4-7-17-6-2-3-8-19(17)22/h2-3,6,8,16,18,23H,4-5,7,9-15H2,1H3. The van der Waals surface area contributed by atoms with Gasteiger partial charge in [-0.3, -0.25) is 9.69 Å². The van der Waals surface area contributed by atoms with Crippen LogP contribution in [-0.4, -0.2) is 60.9 Å². The summed E-state index contributed by atoms with van der Waals surface area (Å²) in [7, 11) is 0. The predicted molar refractivity (Wildman–Crippen MR) is 98.8 cm³/mol. The van der Waals surface area contributed by atoms with Crippen molar-refractivity contribution in [1.29, 1.82) is 0 Å². The van der Waals surface area contributed by atoms with Crippen molar-refractivity contribution in [1.82, 2.24) is 4.90 Å². The average Bonchev–Trinajstić information content (AvgIpc) is 2.67. The minimum atomic E-state index is -0.0930. The zero-order chi connectivity index (χ0) is 17.6. The summed E-state index contributed by atoms with van der Waals surface area (Å²) in [5, 5.41) is 8.83. The van der Waals surface area contributed by atoms with E-state index < -0.39 is 0 Å². The molecule has 1 aromatic carbocycles. The third kappa shape index (κ3) is 4.40. The van der Waals surface area contributed by atoms with Gasteiger partial charge in [-0.1, -0.05) is 18.2 Å². The molecule has 0 saturated carbocycles. The van der Waals surface area contributed by atoms with Crippen LogP contribution in [0.2, 0.25) is 0 Å². The number of aliphatic hydroxyl groups is 1. The minimum Gasteiger partial charge on any atom is -0.396 e. The summed E-state index contributed by atoms with van der Waals surface area (Å²) in [5.41, 5.74) is 2.37. The van der Waals surface area contributed by atoms with E-state index in [1.54, 1.807) is 0 Å². The second kappa shape index (κ2) is 8.79. The summed E-state index contributed by atoms with van der Waals surface area (Å²) >= 11 is 0. The molecule has 0 aliphatic carbocycles. The van der Waals surface area contributed by atoms with E-state index >= 15 is 0 Å². The summed E-state index contributed by atoms with van der Waals surface area (Å²) in [6, 6.07) is 8.18. The SMILES string of the molecule is CC(C(=O)N1CCCc2ccccc21)N1CCC(OCCCO)CC1. The van der Waals surface area contributed by atoms with E-state index in [1.807, 2.05) is 17.9 Å². The number of rotatable bonds is 6. The van der Waals surface area contributed by atoms with Gasteiger partial charge >= 0.3 is 0 Å². The first-order chi connectivity index (χ1) is 12.2. The van der Waals surface area contributed by atoms with Crippen LogP contribution in [0.5, 0.6) is 0 Å². The lowest BCUT2D eigenvalue weighted by molar-refractivity contribution is -0.124. The van der Waals surface area contributed by atoms with Crippen molar-refractivity contribution < 1.29 is 14.6 Å². The number of carbonyl (C=O) groups is 1. The number of hydrogen-bond acceptors (Lipinski definition) is 4. The molecule has 1 fully saturated rings. The Kier molecular flexibility index (Phi) is 6.45. The van der Waals surface area contributed by atoms with Gasteiger partial charge in [-0.2, -0.15) is 0 Å². The van der Waals surface area contributed by atoms with Crippen LogP contribution < -0.4 is 4.90 Å². The summed E-state index contributed by atoms with van der Waals surface area (Å²) < 4.78 is 5.79. The molecule has 1 aromatic rings. The second-order valence-electron chi connectivity index (χ2n) is 7.08. The monoisotopic (exact) mass is 346 g/mol. The molecule has 0 spiro atoms. The van der Waals surface area contributed by atoms with Gasteiger partial charge in [0.15, 0.2) is 0 Å². The van der Waals surface area contributed by atoms with Crippen LogP contribution >= 0.6 is 0 Å². The molecule has 0 bridgehead atoms. The van der Waals surface area contributed by atoms with E-state index in [-0.39, 0.29) is 24.7 Å². The van der Waals surface area contributed by atoms with Crippen LogP contribution in [0.1, 0.15) is 38.2 Å². The molecule has 2 aliphatic rings. The highest BCUT2D eigenvalue weighted by Gasteiger charge is 2.31. The Morgan fingerprint density at radius 2 is 2.04 bits per heavy atom. The normalized spacial score (nSPS) is 20.3. The van der Waals surface area contributed by atoms with Gasteiger partial charge in [-0.25, -0.2) is 0 Å². The predicted octanol–water partition coefficient (Wildman–Crippen LogP) is 2.22. The lowest BCUT2D eigenvalue weighted by Crippen LogP contribution is -2.51. The first-order valence-electron chi connectivity index (χ1n) is 9.56. The molecule has 1 N–H and O–H groups in total. The molecule has 25 heavy (non-hydrogen) atoms. The summed E-state index contributed by atoms with van der Waals surface area (Å²) in [4.78, 5) is 17.3. The molecular weight excluding hydrogens is 316 g/mol. The Morgan fingerprint density at radius 1 is 1.28 bits per heavy atom. The van der Waals surface area contributed by atoms with Crippen molar-refractivity contribution in [3.8, 4) is 0 Å². The van der Waals surface area contributed by atoms with Crippen LogP contribution in [0.25, 0.3) is 0 Å². The smallest absolute Gasteiger partial charge is 0.244 e. The number of para-hydroxylation sites is 1. The third-order valence-electron chi connectivity index (χ3n) is 5.41. The van der Waals surface area contributed by atoms with Crippen molar-refractivity contribution in [2.24, 2.45) is 0 Å². The number of anilines is 1. The first kappa shape index (κ1) is 18.4. The number of amides is 1. The van der Waals surface area contributed by atoms with Gasteiger partial charge in [-0.05, 0) is 50.7 Å². The van der Waals surface area contributed by atoms with Crippen LogP contribution in [0.3, 0.4) is 0 Å². The zero-order valence-electron chi connectivity index (χ0n) is 15.2. The third-order valence-corrected chi connectivity index (χ3v) is 5.41. The van der Waals surface area contributed by atoms with Crippen molar-refractivity contribution in [3.63, 3.8) is 0 Å². The van der Waals surface area contributed by atoms with Gasteiger partial charge in [0.05, 0.1) is 12.1 Å². The molecule has 2 aliphatic heterocycles. The van der Waals surface area contributed by atoms with Crippen molar-refractivity contribution in [2.45, 2.75) is 51.2 Å². The number of piperidine rings is 1. The van der Waals surface area contributed by atoms with Gasteiger partial charge in [0.1, 0.15) is 0 Å². The highest BCUT2D eigenvalue weighted by Crippen LogP contribution is 2.28. The molecule has 2 heterocycles. The average molecular weight is 346 g/mol. The molecule has 0 radical (unpaired) electrons. The largest absolute Gasteiger partial charge is 0.396 e. The maximum atomic E-state index is 13.1. The molecule has 1 saturated heterocycles. The number of carbonyl (C=O) groups excluding carboxylic acids is 1. The number of fused-ring (bicyclic) bond motifs is 1. The highest BCUT2D eigenvalue weighted by atomic mass is 16.5. The topological polar surface area (TPSA) is 53.0 Å². The fourth-order valence-corrected chi connectivity index (χ4v) is 3.89. The number of benzene rings is 1. The number of likely N-dealkylation sites (tertiary alicyclic amines) is 1. The van der Waals surface area contributed by atoms with Crippen LogP contribution in [-0.2, 0) is 16.0 Å². The molecule has 0 aromatic heterocycles. The lowest BCUT2D eigenvalue weighted by Gasteiger charge is -2.38. The Balaban J connectivity index is 1.55. The quantitative estimate of drug-likeness (QED) is 0.803. The van der Waals surface area contributed by atoms with Gasteiger partial charge in [-0.15, -0.1) is 0 Å². The van der Waals surface area contributed by atoms with Crippen molar-refractivity contribution in [3.05, 3.63) is 29.8 Å². The summed E-state index contributed by atoms with van der Waals surface area (Å²) in [6.45, 7) is 5.45. The van der Waals surface area contributed by atoms with E-state index in [1.165, 1.54) is 5.56 Å². The minimum absolute atomic E-state index is 0.0930. The van der Waals surface area contributed by atoms with Crippen LogP contribution in [0.15, 0.2) is 24.3 Å². The van der Waals surface area contributed by atoms with Crippen LogP contribution in [0, 0.1) is 0 Å². The molecular formula is C20H30N2O3. The first-order valence-corrected chi connectivity index (χ1v) is 9.56. The highest BCUT2D eigenvalue weighted by molar-refractivity contribution is 5.98. The molecule has 1 amide bonds. The van der Waals surface area contributed by atoms with E-state index in [2.05, 4.69) is 23.1 Å².